The normalized spacial score (nSPS) is 30.8. The summed E-state index contributed by atoms with van der Waals surface area (Å²) in [6.07, 6.45) is 0.914. The molecule has 60 valence electrons. The van der Waals surface area contributed by atoms with E-state index in [1.54, 1.807) is 0 Å². The van der Waals surface area contributed by atoms with Gasteiger partial charge in [0.1, 0.15) is 0 Å². The minimum atomic E-state index is -1.95. The van der Waals surface area contributed by atoms with E-state index < -0.39 is 11.1 Å². The molecule has 5 heteroatoms. The van der Waals surface area contributed by atoms with Crippen LogP contribution in [0.5, 0.6) is 0 Å². The van der Waals surface area contributed by atoms with Crippen LogP contribution in [0.15, 0.2) is 0 Å². The molecule has 0 aromatic heterocycles. The van der Waals surface area contributed by atoms with Gasteiger partial charge in [0, 0.05) is 19.1 Å². The molecule has 0 aromatic rings. The molecule has 0 aromatic carbocycles. The summed E-state index contributed by atoms with van der Waals surface area (Å²) in [7, 11) is 0. The van der Waals surface area contributed by atoms with Crippen molar-refractivity contribution < 1.29 is 8.76 Å². The Hall–Kier alpha value is 0.0300. The topological polar surface area (TPSA) is 69.4 Å². The summed E-state index contributed by atoms with van der Waals surface area (Å²) in [5, 5.41) is 0. The van der Waals surface area contributed by atoms with Crippen LogP contribution in [0.2, 0.25) is 0 Å². The molecule has 0 spiro atoms. The number of nitrogens with two attached hydrogens (primary N) is 1. The molecule has 1 fully saturated rings. The zero-order valence-electron chi connectivity index (χ0n) is 5.66. The Bertz CT molecular complexity index is 142. The highest BCUT2D eigenvalue weighted by Gasteiger charge is 2.17. The highest BCUT2D eigenvalue weighted by Crippen LogP contribution is 2.05. The Kier molecular flexibility index (Phi) is 2.79. The summed E-state index contributed by atoms with van der Waals surface area (Å²) in [6, 6.07) is 0.170. The van der Waals surface area contributed by atoms with E-state index in [0.717, 1.165) is 13.0 Å². The molecule has 0 radical (unpaired) electrons. The maximum absolute atomic E-state index is 10.2. The van der Waals surface area contributed by atoms with Crippen molar-refractivity contribution in [3.63, 3.8) is 0 Å². The number of hydrogen-bond acceptors (Lipinski definition) is 4. The van der Waals surface area contributed by atoms with E-state index in [9.17, 15) is 8.76 Å². The van der Waals surface area contributed by atoms with E-state index in [2.05, 4.69) is 0 Å². The molecule has 1 rings (SSSR count). The maximum Gasteiger partial charge on any atom is 0.0614 e. The van der Waals surface area contributed by atoms with Crippen molar-refractivity contribution >= 4 is 11.1 Å². The summed E-state index contributed by atoms with van der Waals surface area (Å²) in [4.78, 5) is 1.84. The van der Waals surface area contributed by atoms with Gasteiger partial charge in [0.25, 0.3) is 0 Å². The smallest absolute Gasteiger partial charge is 0.0614 e. The molecular formula is C5H11N2O2S-. The lowest BCUT2D eigenvalue weighted by Crippen LogP contribution is -2.28. The average Bonchev–Trinajstić information content (AvgIpc) is 2.13. The minimum Gasteiger partial charge on any atom is -0.771 e. The molecule has 1 aliphatic heterocycles. The van der Waals surface area contributed by atoms with Crippen LogP contribution >= 0.6 is 0 Å². The van der Waals surface area contributed by atoms with Crippen LogP contribution in [-0.2, 0) is 11.1 Å². The summed E-state index contributed by atoms with van der Waals surface area (Å²) < 4.78 is 20.4. The lowest BCUT2D eigenvalue weighted by molar-refractivity contribution is 0.376. The highest BCUT2D eigenvalue weighted by molar-refractivity contribution is 7.79. The highest BCUT2D eigenvalue weighted by atomic mass is 32.2. The molecule has 4 nitrogen and oxygen atoms in total. The predicted molar refractivity (Wildman–Crippen MR) is 38.0 cm³/mol. The monoisotopic (exact) mass is 163 g/mol. The second kappa shape index (κ2) is 3.43. The first-order valence-corrected chi connectivity index (χ1v) is 4.46. The van der Waals surface area contributed by atoms with Crippen LogP contribution in [0.3, 0.4) is 0 Å². The average molecular weight is 163 g/mol. The number of rotatable bonds is 2. The minimum absolute atomic E-state index is 0.133. The Morgan fingerprint density at radius 2 is 2.50 bits per heavy atom. The van der Waals surface area contributed by atoms with Crippen molar-refractivity contribution in [3.8, 4) is 0 Å². The molecule has 0 bridgehead atoms. The molecule has 1 aliphatic rings. The molecule has 1 saturated heterocycles. The lowest BCUT2D eigenvalue weighted by atomic mass is 10.3. The molecule has 0 amide bonds. The first kappa shape index (κ1) is 8.13. The van der Waals surface area contributed by atoms with Gasteiger partial charge in [0.05, 0.1) is 5.88 Å². The number of likely N-dealkylation sites (tertiary alicyclic amines) is 1. The van der Waals surface area contributed by atoms with E-state index >= 15 is 0 Å². The predicted octanol–water partition coefficient (Wildman–Crippen LogP) is -1.14. The zero-order chi connectivity index (χ0) is 7.56. The van der Waals surface area contributed by atoms with Crippen molar-refractivity contribution in [2.75, 3.05) is 19.0 Å². The largest absolute Gasteiger partial charge is 0.771 e. The fraction of sp³-hybridized carbons (Fsp3) is 1.00. The van der Waals surface area contributed by atoms with Gasteiger partial charge >= 0.3 is 0 Å². The summed E-state index contributed by atoms with van der Waals surface area (Å²) >= 11 is -1.95. The van der Waals surface area contributed by atoms with E-state index in [1.165, 1.54) is 0 Å². The Morgan fingerprint density at radius 3 is 2.90 bits per heavy atom. The molecule has 1 heterocycles. The standard InChI is InChI=1S/C5H12N2O2S/c6-5-1-2-7(3-5)4-10(8)9/h5H,1-4,6H2,(H,8,9)/p-1. The van der Waals surface area contributed by atoms with Gasteiger partial charge in [-0.25, -0.2) is 0 Å². The first-order valence-electron chi connectivity index (χ1n) is 3.22. The molecule has 2 unspecified atom stereocenters. The van der Waals surface area contributed by atoms with Crippen molar-refractivity contribution in [2.45, 2.75) is 12.5 Å². The second-order valence-electron chi connectivity index (χ2n) is 2.56. The lowest BCUT2D eigenvalue weighted by Gasteiger charge is -2.15. The Morgan fingerprint density at radius 1 is 1.80 bits per heavy atom. The number of hydrogen-bond donors (Lipinski definition) is 1. The van der Waals surface area contributed by atoms with Gasteiger partial charge in [-0.15, -0.1) is 0 Å². The van der Waals surface area contributed by atoms with Crippen LogP contribution in [0.4, 0.5) is 0 Å². The SMILES string of the molecule is NC1CCN(CS(=O)[O-])C1. The third-order valence-corrected chi connectivity index (χ3v) is 2.17. The fourth-order valence-corrected chi connectivity index (χ4v) is 1.66. The van der Waals surface area contributed by atoms with Gasteiger partial charge in [-0.1, -0.05) is 0 Å². The Labute approximate surface area is 62.7 Å². The molecule has 0 saturated carbocycles. The van der Waals surface area contributed by atoms with Gasteiger partial charge < -0.3 is 10.3 Å². The zero-order valence-corrected chi connectivity index (χ0v) is 6.47. The van der Waals surface area contributed by atoms with E-state index in [1.807, 2.05) is 4.90 Å². The second-order valence-corrected chi connectivity index (χ2v) is 3.42. The molecule has 2 N–H and O–H groups in total. The Balaban J connectivity index is 2.24. The van der Waals surface area contributed by atoms with Gasteiger partial charge in [-0.3, -0.25) is 9.11 Å². The van der Waals surface area contributed by atoms with Crippen LogP contribution in [0, 0.1) is 0 Å². The van der Waals surface area contributed by atoms with E-state index in [0.29, 0.717) is 6.54 Å². The van der Waals surface area contributed by atoms with Gasteiger partial charge in [-0.05, 0) is 17.5 Å². The molecule has 0 aliphatic carbocycles. The van der Waals surface area contributed by atoms with Crippen molar-refractivity contribution in [1.82, 2.24) is 4.90 Å². The van der Waals surface area contributed by atoms with Crippen LogP contribution in [0.1, 0.15) is 6.42 Å². The van der Waals surface area contributed by atoms with Crippen molar-refractivity contribution in [2.24, 2.45) is 5.73 Å². The summed E-state index contributed by atoms with van der Waals surface area (Å²) in [5.41, 5.74) is 5.56. The molecular weight excluding hydrogens is 152 g/mol. The maximum atomic E-state index is 10.2. The van der Waals surface area contributed by atoms with Gasteiger partial charge in [-0.2, -0.15) is 0 Å². The number of nitrogens with zero attached hydrogens (tertiary/aromatic N) is 1. The molecule has 2 atom stereocenters. The molecule has 10 heavy (non-hydrogen) atoms. The summed E-state index contributed by atoms with van der Waals surface area (Å²) in [6.45, 7) is 1.53. The van der Waals surface area contributed by atoms with Crippen LogP contribution in [-0.4, -0.2) is 38.7 Å². The van der Waals surface area contributed by atoms with E-state index in [-0.39, 0.29) is 11.9 Å². The van der Waals surface area contributed by atoms with Gasteiger partial charge in [0.2, 0.25) is 0 Å². The quantitative estimate of drug-likeness (QED) is 0.522. The third kappa shape index (κ3) is 2.34. The first-order chi connectivity index (χ1) is 4.68. The van der Waals surface area contributed by atoms with Gasteiger partial charge in [0.15, 0.2) is 0 Å². The van der Waals surface area contributed by atoms with E-state index in [4.69, 9.17) is 5.73 Å². The summed E-state index contributed by atoms with van der Waals surface area (Å²) in [5.74, 6) is 0.133. The van der Waals surface area contributed by atoms with Crippen LogP contribution in [0.25, 0.3) is 0 Å². The van der Waals surface area contributed by atoms with Crippen LogP contribution < -0.4 is 5.73 Å². The van der Waals surface area contributed by atoms with Crippen molar-refractivity contribution in [1.29, 1.82) is 0 Å². The third-order valence-electron chi connectivity index (χ3n) is 1.60. The van der Waals surface area contributed by atoms with Crippen molar-refractivity contribution in [3.05, 3.63) is 0 Å². The fourth-order valence-electron chi connectivity index (χ4n) is 1.13.